The number of hydrogen-bond donors (Lipinski definition) is 2. The van der Waals surface area contributed by atoms with Crippen molar-refractivity contribution in [2.45, 2.75) is 18.2 Å². The Balaban J connectivity index is 1.70. The second-order valence-electron chi connectivity index (χ2n) is 8.24. The summed E-state index contributed by atoms with van der Waals surface area (Å²) in [6, 6.07) is 22.3. The van der Waals surface area contributed by atoms with Gasteiger partial charge in [0.15, 0.2) is 0 Å². The normalized spacial score (nSPS) is 11.3. The van der Waals surface area contributed by atoms with Gasteiger partial charge in [0.1, 0.15) is 12.4 Å². The molecule has 0 spiro atoms. The highest BCUT2D eigenvalue weighted by Crippen LogP contribution is 2.19. The third kappa shape index (κ3) is 8.68. The van der Waals surface area contributed by atoms with Crippen LogP contribution in [0.1, 0.15) is 18.1 Å². The van der Waals surface area contributed by atoms with Gasteiger partial charge in [-0.3, -0.25) is 9.59 Å². The van der Waals surface area contributed by atoms with E-state index < -0.39 is 22.5 Å². The van der Waals surface area contributed by atoms with Gasteiger partial charge in [-0.15, -0.1) is 0 Å². The first-order chi connectivity index (χ1) is 18.3. The molecule has 0 unspecified atom stereocenters. The van der Waals surface area contributed by atoms with Crippen LogP contribution in [-0.4, -0.2) is 50.4 Å². The molecule has 0 aromatic heterocycles. The van der Waals surface area contributed by atoms with Crippen LogP contribution in [0.5, 0.6) is 5.75 Å². The minimum Gasteiger partial charge on any atom is -0.490 e. The lowest BCUT2D eigenvalue weighted by Gasteiger charge is -2.21. The zero-order chi connectivity index (χ0) is 27.4. The number of rotatable bonds is 13. The Kier molecular flexibility index (Phi) is 10.3. The van der Waals surface area contributed by atoms with Gasteiger partial charge in [-0.25, -0.2) is 13.8 Å². The summed E-state index contributed by atoms with van der Waals surface area (Å²) in [5.41, 5.74) is 4.53. The molecule has 0 bridgehead atoms. The Hall–Kier alpha value is -4.28. The average molecular weight is 535 g/mol. The van der Waals surface area contributed by atoms with E-state index in [-0.39, 0.29) is 17.3 Å². The molecule has 0 saturated heterocycles. The summed E-state index contributed by atoms with van der Waals surface area (Å²) < 4.78 is 33.4. The summed E-state index contributed by atoms with van der Waals surface area (Å²) in [4.78, 5) is 24.0. The van der Waals surface area contributed by atoms with Gasteiger partial charge in [0.2, 0.25) is 15.9 Å². The third-order valence-electron chi connectivity index (χ3n) is 5.28. The van der Waals surface area contributed by atoms with Crippen molar-refractivity contribution >= 4 is 33.7 Å². The highest BCUT2D eigenvalue weighted by molar-refractivity contribution is 7.89. The summed E-state index contributed by atoms with van der Waals surface area (Å²) in [6.07, 6.45) is 3.52. The zero-order valence-electron chi connectivity index (χ0n) is 21.0. The van der Waals surface area contributed by atoms with Gasteiger partial charge in [0.05, 0.1) is 17.7 Å². The summed E-state index contributed by atoms with van der Waals surface area (Å²) in [7, 11) is -4.01. The van der Waals surface area contributed by atoms with Crippen LogP contribution in [0, 0.1) is 0 Å². The van der Waals surface area contributed by atoms with Crippen molar-refractivity contribution in [1.29, 1.82) is 0 Å². The molecular weight excluding hydrogens is 504 g/mol. The third-order valence-corrected chi connectivity index (χ3v) is 7.14. The fourth-order valence-electron chi connectivity index (χ4n) is 3.42. The van der Waals surface area contributed by atoms with Crippen LogP contribution in [0.3, 0.4) is 0 Å². The number of hydrogen-bond acceptors (Lipinski definition) is 6. The lowest BCUT2D eigenvalue weighted by Crippen LogP contribution is -2.40. The molecule has 0 aliphatic heterocycles. The number of carbonyl (C=O) groups is 2. The van der Waals surface area contributed by atoms with Crippen LogP contribution >= 0.6 is 0 Å². The van der Waals surface area contributed by atoms with Crippen LogP contribution in [-0.2, 0) is 26.0 Å². The summed E-state index contributed by atoms with van der Waals surface area (Å²) in [5.74, 6) is -0.173. The first-order valence-electron chi connectivity index (χ1n) is 11.9. The van der Waals surface area contributed by atoms with E-state index in [0.29, 0.717) is 24.5 Å². The van der Waals surface area contributed by atoms with E-state index in [1.54, 1.807) is 30.3 Å². The number of sulfonamides is 1. The van der Waals surface area contributed by atoms with Gasteiger partial charge in [0.25, 0.3) is 5.91 Å². The smallest absolute Gasteiger partial charge is 0.255 e. The van der Waals surface area contributed by atoms with Crippen molar-refractivity contribution in [2.75, 3.05) is 25.0 Å². The van der Waals surface area contributed by atoms with Crippen molar-refractivity contribution in [3.63, 3.8) is 0 Å². The fourth-order valence-corrected chi connectivity index (χ4v) is 4.82. The van der Waals surface area contributed by atoms with Crippen LogP contribution in [0.2, 0.25) is 0 Å². The van der Waals surface area contributed by atoms with Crippen molar-refractivity contribution in [3.8, 4) is 5.75 Å². The predicted molar refractivity (Wildman–Crippen MR) is 148 cm³/mol. The van der Waals surface area contributed by atoms with E-state index in [1.807, 2.05) is 30.3 Å². The standard InChI is InChI=1S/C28H30N4O5S/c1-3-19-37-26-13-9-24(10-14-26)20-29-31-28(34)21-32(18-17-23-7-5-4-6-8-23)38(35,36)27-15-11-25(12-16-27)30-22(2)33/h3-16,20H,1,17-19,21H2,2H3,(H,30,33)(H,31,34)/b29-20+. The molecule has 9 nitrogen and oxygen atoms in total. The molecule has 0 aliphatic rings. The number of nitrogens with zero attached hydrogens (tertiary/aromatic N) is 2. The van der Waals surface area contributed by atoms with Gasteiger partial charge < -0.3 is 10.1 Å². The molecule has 3 rings (SSSR count). The Morgan fingerprint density at radius 2 is 1.68 bits per heavy atom. The average Bonchev–Trinajstić information content (AvgIpc) is 2.91. The number of hydrazone groups is 1. The van der Waals surface area contributed by atoms with E-state index in [2.05, 4.69) is 22.4 Å². The van der Waals surface area contributed by atoms with Crippen LogP contribution in [0.15, 0.2) is 102 Å². The number of ether oxygens (including phenoxy) is 1. The number of carbonyl (C=O) groups excluding carboxylic acids is 2. The van der Waals surface area contributed by atoms with Gasteiger partial charge in [0, 0.05) is 19.2 Å². The molecule has 3 aromatic rings. The monoisotopic (exact) mass is 534 g/mol. The fraction of sp³-hybridized carbons (Fsp3) is 0.179. The molecule has 2 N–H and O–H groups in total. The van der Waals surface area contributed by atoms with Crippen LogP contribution in [0.25, 0.3) is 0 Å². The number of benzene rings is 3. The molecule has 0 saturated carbocycles. The molecule has 10 heteroatoms. The van der Waals surface area contributed by atoms with Gasteiger partial charge in [-0.05, 0) is 66.1 Å². The lowest BCUT2D eigenvalue weighted by atomic mass is 10.1. The summed E-state index contributed by atoms with van der Waals surface area (Å²) >= 11 is 0. The molecule has 0 atom stereocenters. The van der Waals surface area contributed by atoms with E-state index in [1.165, 1.54) is 37.4 Å². The SMILES string of the molecule is C=CCOc1ccc(/C=N/NC(=O)CN(CCc2ccccc2)S(=O)(=O)c2ccc(NC(C)=O)cc2)cc1. The first-order valence-corrected chi connectivity index (χ1v) is 13.3. The minimum absolute atomic E-state index is 0.00901. The maximum atomic E-state index is 13.4. The van der Waals surface area contributed by atoms with Crippen molar-refractivity contribution in [2.24, 2.45) is 5.10 Å². The quantitative estimate of drug-likeness (QED) is 0.197. The van der Waals surface area contributed by atoms with Crippen molar-refractivity contribution < 1.29 is 22.7 Å². The summed E-state index contributed by atoms with van der Waals surface area (Å²) in [5, 5.41) is 6.56. The van der Waals surface area contributed by atoms with Crippen LogP contribution < -0.4 is 15.5 Å². The Morgan fingerprint density at radius 3 is 2.32 bits per heavy atom. The number of amides is 2. The number of nitrogens with one attached hydrogen (secondary N) is 2. The highest BCUT2D eigenvalue weighted by atomic mass is 32.2. The Labute approximate surface area is 222 Å². The van der Waals surface area contributed by atoms with E-state index in [9.17, 15) is 18.0 Å². The van der Waals surface area contributed by atoms with E-state index >= 15 is 0 Å². The van der Waals surface area contributed by atoms with E-state index in [0.717, 1.165) is 15.4 Å². The predicted octanol–water partition coefficient (Wildman–Crippen LogP) is 3.59. The molecule has 3 aromatic carbocycles. The summed E-state index contributed by atoms with van der Waals surface area (Å²) in [6.45, 7) is 5.03. The molecule has 2 amide bonds. The maximum Gasteiger partial charge on any atom is 0.255 e. The van der Waals surface area contributed by atoms with Gasteiger partial charge in [-0.1, -0.05) is 43.0 Å². The first kappa shape index (κ1) is 28.3. The highest BCUT2D eigenvalue weighted by Gasteiger charge is 2.26. The topological polar surface area (TPSA) is 117 Å². The largest absolute Gasteiger partial charge is 0.490 e. The molecule has 198 valence electrons. The molecule has 0 radical (unpaired) electrons. The van der Waals surface area contributed by atoms with Gasteiger partial charge >= 0.3 is 0 Å². The second kappa shape index (κ2) is 13.9. The maximum absolute atomic E-state index is 13.4. The van der Waals surface area contributed by atoms with Crippen molar-refractivity contribution in [3.05, 3.63) is 103 Å². The van der Waals surface area contributed by atoms with Crippen molar-refractivity contribution in [1.82, 2.24) is 9.73 Å². The lowest BCUT2D eigenvalue weighted by molar-refractivity contribution is -0.121. The Bertz CT molecular complexity index is 1360. The van der Waals surface area contributed by atoms with Gasteiger partial charge in [-0.2, -0.15) is 9.41 Å². The Morgan fingerprint density at radius 1 is 1.00 bits per heavy atom. The number of anilines is 1. The minimum atomic E-state index is -4.01. The molecule has 0 heterocycles. The van der Waals surface area contributed by atoms with E-state index in [4.69, 9.17) is 4.74 Å². The molecule has 0 fully saturated rings. The second-order valence-corrected chi connectivity index (χ2v) is 10.2. The molecular formula is C28H30N4O5S. The molecule has 0 aliphatic carbocycles. The zero-order valence-corrected chi connectivity index (χ0v) is 21.9. The molecule has 38 heavy (non-hydrogen) atoms. The van der Waals surface area contributed by atoms with Crippen LogP contribution in [0.4, 0.5) is 5.69 Å².